The van der Waals surface area contributed by atoms with Crippen LogP contribution < -0.4 is 26.4 Å². The average Bonchev–Trinajstić information content (AvgIpc) is 3.37. The van der Waals surface area contributed by atoms with E-state index in [0.717, 1.165) is 6.42 Å². The van der Waals surface area contributed by atoms with E-state index in [4.69, 9.17) is 15.2 Å². The Kier molecular flexibility index (Phi) is 11.7. The van der Waals surface area contributed by atoms with E-state index >= 15 is 0 Å². The van der Waals surface area contributed by atoms with Crippen LogP contribution in [0.15, 0.2) is 47.4 Å². The second-order valence-electron chi connectivity index (χ2n) is 9.76. The van der Waals surface area contributed by atoms with E-state index in [1.54, 1.807) is 33.9 Å². The topological polar surface area (TPSA) is 130 Å². The molecule has 2 rings (SSSR count). The first-order chi connectivity index (χ1) is 18.5. The van der Waals surface area contributed by atoms with E-state index in [2.05, 4.69) is 39.4 Å². The number of nitrogens with two attached hydrogens (primary N) is 1. The van der Waals surface area contributed by atoms with Gasteiger partial charge in [0.25, 0.3) is 0 Å². The van der Waals surface area contributed by atoms with Crippen LogP contribution in [-0.4, -0.2) is 61.6 Å². The Labute approximate surface area is 229 Å². The Morgan fingerprint density at radius 3 is 2.72 bits per heavy atom. The molecule has 1 aliphatic heterocycles. The third-order valence-electron chi connectivity index (χ3n) is 5.55. The highest BCUT2D eigenvalue weighted by molar-refractivity contribution is 6.03. The number of anilines is 1. The molecule has 0 radical (unpaired) electrons. The van der Waals surface area contributed by atoms with Crippen molar-refractivity contribution in [2.45, 2.75) is 58.1 Å². The van der Waals surface area contributed by atoms with Gasteiger partial charge < -0.3 is 31.2 Å². The first-order valence-corrected chi connectivity index (χ1v) is 12.7. The second kappa shape index (κ2) is 14.7. The number of hydrogen-bond donors (Lipinski definition) is 4. The maximum atomic E-state index is 13.9. The van der Waals surface area contributed by atoms with Gasteiger partial charge in [-0.25, -0.2) is 9.18 Å². The Hall–Kier alpha value is -4.20. The number of nitrogens with zero attached hydrogens (tertiary/aromatic N) is 2. The van der Waals surface area contributed by atoms with Crippen LogP contribution in [-0.2, 0) is 9.53 Å². The van der Waals surface area contributed by atoms with Gasteiger partial charge in [-0.3, -0.25) is 14.7 Å². The number of rotatable bonds is 9. The van der Waals surface area contributed by atoms with Crippen LogP contribution in [0.1, 0.15) is 46.5 Å². The summed E-state index contributed by atoms with van der Waals surface area (Å²) in [5, 5.41) is 8.81. The number of carbonyl (C=O) groups excluding carboxylic acids is 2. The number of aliphatic imine (C=N–C) groups is 1. The summed E-state index contributed by atoms with van der Waals surface area (Å²) in [4.78, 5) is 30.7. The molecule has 212 valence electrons. The maximum Gasteiger partial charge on any atom is 0.410 e. The molecule has 0 bridgehead atoms. The molecule has 1 aliphatic rings. The summed E-state index contributed by atoms with van der Waals surface area (Å²) in [6, 6.07) is 3.92. The van der Waals surface area contributed by atoms with Gasteiger partial charge in [0.05, 0.1) is 12.7 Å². The van der Waals surface area contributed by atoms with Crippen molar-refractivity contribution >= 4 is 23.5 Å². The number of unbranched alkanes of at least 4 members (excludes halogenated alkanes) is 1. The molecule has 1 fully saturated rings. The summed E-state index contributed by atoms with van der Waals surface area (Å²) in [5.74, 6) is 6.15. The summed E-state index contributed by atoms with van der Waals surface area (Å²) in [7, 11) is 2.97. The molecule has 0 unspecified atom stereocenters. The zero-order valence-corrected chi connectivity index (χ0v) is 23.3. The first kappa shape index (κ1) is 31.0. The van der Waals surface area contributed by atoms with Gasteiger partial charge in [0.15, 0.2) is 11.6 Å². The Balaban J connectivity index is 1.81. The number of amides is 2. The third kappa shape index (κ3) is 9.89. The zero-order valence-electron chi connectivity index (χ0n) is 23.3. The minimum atomic E-state index is -0.617. The predicted octanol–water partition coefficient (Wildman–Crippen LogP) is 3.48. The molecular formula is C28H39FN6O4. The molecule has 0 aliphatic carbocycles. The van der Waals surface area contributed by atoms with Crippen LogP contribution in [0.25, 0.3) is 0 Å². The van der Waals surface area contributed by atoms with Gasteiger partial charge in [-0.05, 0) is 52.2 Å². The molecule has 10 nitrogen and oxygen atoms in total. The van der Waals surface area contributed by atoms with Gasteiger partial charge in [0, 0.05) is 44.5 Å². The van der Waals surface area contributed by atoms with Crippen molar-refractivity contribution in [3.63, 3.8) is 0 Å². The van der Waals surface area contributed by atoms with E-state index in [1.807, 2.05) is 0 Å². The van der Waals surface area contributed by atoms with E-state index < -0.39 is 23.6 Å². The summed E-state index contributed by atoms with van der Waals surface area (Å²) >= 11 is 0. The van der Waals surface area contributed by atoms with Gasteiger partial charge in [-0.2, -0.15) is 0 Å². The summed E-state index contributed by atoms with van der Waals surface area (Å²) in [6.45, 7) is 10.2. The van der Waals surface area contributed by atoms with Crippen molar-refractivity contribution in [2.75, 3.05) is 32.6 Å². The molecule has 2 amide bonds. The Morgan fingerprint density at radius 1 is 1.36 bits per heavy atom. The number of amidine groups is 1. The molecule has 1 aromatic rings. The van der Waals surface area contributed by atoms with Gasteiger partial charge in [0.2, 0.25) is 5.91 Å². The quantitative estimate of drug-likeness (QED) is 0.163. The van der Waals surface area contributed by atoms with Crippen molar-refractivity contribution in [3.8, 4) is 17.6 Å². The largest absolute Gasteiger partial charge is 0.494 e. The summed E-state index contributed by atoms with van der Waals surface area (Å²) in [5.41, 5.74) is 6.06. The number of carbonyl (C=O) groups is 2. The lowest BCUT2D eigenvalue weighted by molar-refractivity contribution is -0.125. The fraction of sp³-hybridized carbons (Fsp3) is 0.464. The minimum absolute atomic E-state index is 0.138. The van der Waals surface area contributed by atoms with E-state index in [0.29, 0.717) is 55.3 Å². The third-order valence-corrected chi connectivity index (χ3v) is 5.55. The number of ether oxygens (including phenoxy) is 2. The van der Waals surface area contributed by atoms with E-state index in [-0.39, 0.29) is 11.7 Å². The number of nitrogens with one attached hydrogen (secondary N) is 3. The summed E-state index contributed by atoms with van der Waals surface area (Å²) < 4.78 is 24.3. The smallest absolute Gasteiger partial charge is 0.410 e. The number of halogens is 1. The lowest BCUT2D eigenvalue weighted by atomic mass is 10.2. The molecule has 11 heteroatoms. The molecule has 0 aromatic heterocycles. The molecule has 1 atom stereocenters. The van der Waals surface area contributed by atoms with Crippen LogP contribution in [0.5, 0.6) is 5.75 Å². The maximum absolute atomic E-state index is 13.9. The lowest BCUT2D eigenvalue weighted by Crippen LogP contribution is -2.47. The standard InChI is InChI=1S/C28H39FN6O4/c1-19(33-21-13-14-24(38-6)22(29)17-21)34-25(31-5)20(18-30)11-8-7-9-15-32-26(36)23-12-10-16-35(23)27(37)39-28(2,3)4/h13-14,17-18,23,33H,1,7,9-10,12,15-16,30H2,2-6H3,(H,31,34)(H,32,36)/b20-18-/t23-/m0/s1. The van der Waals surface area contributed by atoms with Crippen molar-refractivity contribution in [1.82, 2.24) is 15.5 Å². The van der Waals surface area contributed by atoms with Crippen LogP contribution >= 0.6 is 0 Å². The fourth-order valence-corrected chi connectivity index (χ4v) is 3.76. The van der Waals surface area contributed by atoms with Crippen molar-refractivity contribution < 1.29 is 23.5 Å². The summed E-state index contributed by atoms with van der Waals surface area (Å²) in [6.07, 6.45) is 3.33. The molecule has 1 aromatic carbocycles. The number of methoxy groups -OCH3 is 1. The normalized spacial score (nSPS) is 15.6. The molecule has 0 spiro atoms. The van der Waals surface area contributed by atoms with E-state index in [9.17, 15) is 14.0 Å². The first-order valence-electron chi connectivity index (χ1n) is 12.7. The SMILES string of the molecule is C=C(NC(=NC)/C(C#CCCCNC(=O)[C@@H]1CCCN1C(=O)OC(C)(C)C)=C\N)Nc1ccc(OC)c(F)c1. The van der Waals surface area contributed by atoms with Gasteiger partial charge in [-0.15, -0.1) is 0 Å². The second-order valence-corrected chi connectivity index (χ2v) is 9.76. The number of hydrogen-bond acceptors (Lipinski definition) is 7. The number of likely N-dealkylation sites (tertiary alicyclic amines) is 1. The van der Waals surface area contributed by atoms with Gasteiger partial charge in [-0.1, -0.05) is 18.4 Å². The highest BCUT2D eigenvalue weighted by atomic mass is 19.1. The molecule has 5 N–H and O–H groups in total. The van der Waals surface area contributed by atoms with Crippen molar-refractivity contribution in [3.05, 3.63) is 48.2 Å². The van der Waals surface area contributed by atoms with Crippen LogP contribution in [0.3, 0.4) is 0 Å². The molecule has 1 heterocycles. The predicted molar refractivity (Wildman–Crippen MR) is 150 cm³/mol. The fourth-order valence-electron chi connectivity index (χ4n) is 3.76. The molecule has 39 heavy (non-hydrogen) atoms. The van der Waals surface area contributed by atoms with E-state index in [1.165, 1.54) is 30.3 Å². The highest BCUT2D eigenvalue weighted by Crippen LogP contribution is 2.22. The molecule has 1 saturated heterocycles. The zero-order chi connectivity index (χ0) is 29.0. The van der Waals surface area contributed by atoms with Crippen LogP contribution in [0, 0.1) is 17.7 Å². The number of benzene rings is 1. The minimum Gasteiger partial charge on any atom is -0.494 e. The van der Waals surface area contributed by atoms with Crippen LogP contribution in [0.2, 0.25) is 0 Å². The van der Waals surface area contributed by atoms with Crippen molar-refractivity contribution in [2.24, 2.45) is 10.7 Å². The molecular weight excluding hydrogens is 503 g/mol. The Bertz CT molecular complexity index is 1160. The van der Waals surface area contributed by atoms with Gasteiger partial charge >= 0.3 is 6.09 Å². The van der Waals surface area contributed by atoms with Gasteiger partial charge in [0.1, 0.15) is 23.3 Å². The average molecular weight is 543 g/mol. The molecule has 0 saturated carbocycles. The lowest BCUT2D eigenvalue weighted by Gasteiger charge is -2.28. The monoisotopic (exact) mass is 542 g/mol. The van der Waals surface area contributed by atoms with Crippen LogP contribution in [0.4, 0.5) is 14.9 Å². The highest BCUT2D eigenvalue weighted by Gasteiger charge is 2.36. The Morgan fingerprint density at radius 2 is 2.10 bits per heavy atom. The van der Waals surface area contributed by atoms with Crippen molar-refractivity contribution in [1.29, 1.82) is 0 Å².